The quantitative estimate of drug-likeness (QED) is 0.643. The number of rotatable bonds is 4. The minimum absolute atomic E-state index is 0.271. The highest BCUT2D eigenvalue weighted by Crippen LogP contribution is 2.32. The molecule has 9 heteroatoms. The number of ether oxygens (including phenoxy) is 1. The van der Waals surface area contributed by atoms with Gasteiger partial charge in [-0.05, 0) is 42.5 Å². The predicted octanol–water partition coefficient (Wildman–Crippen LogP) is 3.47. The Hall–Kier alpha value is -1.87. The number of aromatic nitrogens is 1. The normalized spacial score (nSPS) is 16.0. The van der Waals surface area contributed by atoms with Crippen molar-refractivity contribution in [3.05, 3.63) is 47.5 Å². The summed E-state index contributed by atoms with van der Waals surface area (Å²) in [5, 5.41) is 1.42. The molecule has 142 valence electrons. The van der Waals surface area contributed by atoms with E-state index in [1.54, 1.807) is 42.7 Å². The summed E-state index contributed by atoms with van der Waals surface area (Å²) >= 11 is 7.45. The molecule has 1 fully saturated rings. The first-order valence-corrected chi connectivity index (χ1v) is 11.1. The van der Waals surface area contributed by atoms with E-state index in [9.17, 15) is 8.42 Å². The van der Waals surface area contributed by atoms with Crippen molar-refractivity contribution in [1.82, 2.24) is 9.29 Å². The number of halogens is 1. The molecule has 0 amide bonds. The number of benzene rings is 2. The van der Waals surface area contributed by atoms with E-state index in [1.165, 1.54) is 4.31 Å². The highest BCUT2D eigenvalue weighted by molar-refractivity contribution is 7.89. The second kappa shape index (κ2) is 7.27. The van der Waals surface area contributed by atoms with Crippen molar-refractivity contribution in [3.63, 3.8) is 0 Å². The van der Waals surface area contributed by atoms with Gasteiger partial charge in [-0.1, -0.05) is 22.9 Å². The van der Waals surface area contributed by atoms with Gasteiger partial charge in [0.15, 0.2) is 5.13 Å². The zero-order chi connectivity index (χ0) is 19.0. The van der Waals surface area contributed by atoms with E-state index in [2.05, 4.69) is 9.88 Å². The number of hydrogen-bond acceptors (Lipinski definition) is 6. The Morgan fingerprint density at radius 1 is 1.07 bits per heavy atom. The largest absolute Gasteiger partial charge is 0.497 e. The monoisotopic (exact) mass is 423 g/mol. The molecule has 0 atom stereocenters. The molecular weight excluding hydrogens is 406 g/mol. The van der Waals surface area contributed by atoms with Crippen LogP contribution < -0.4 is 9.64 Å². The van der Waals surface area contributed by atoms with Crippen molar-refractivity contribution in [1.29, 1.82) is 0 Å². The molecule has 0 unspecified atom stereocenters. The molecule has 0 spiro atoms. The number of nitrogens with zero attached hydrogens (tertiary/aromatic N) is 3. The Labute approximate surface area is 167 Å². The van der Waals surface area contributed by atoms with E-state index < -0.39 is 10.0 Å². The van der Waals surface area contributed by atoms with Gasteiger partial charge >= 0.3 is 0 Å². The van der Waals surface area contributed by atoms with Crippen LogP contribution in [0.5, 0.6) is 5.75 Å². The van der Waals surface area contributed by atoms with Crippen molar-refractivity contribution in [2.24, 2.45) is 0 Å². The number of hydrogen-bond donors (Lipinski definition) is 0. The van der Waals surface area contributed by atoms with Crippen LogP contribution in [0.1, 0.15) is 0 Å². The highest BCUT2D eigenvalue weighted by atomic mass is 35.5. The molecule has 27 heavy (non-hydrogen) atoms. The van der Waals surface area contributed by atoms with Crippen molar-refractivity contribution in [3.8, 4) is 5.75 Å². The van der Waals surface area contributed by atoms with Gasteiger partial charge in [-0.3, -0.25) is 0 Å². The lowest BCUT2D eigenvalue weighted by Gasteiger charge is -2.33. The Kier molecular flexibility index (Phi) is 4.98. The summed E-state index contributed by atoms with van der Waals surface area (Å²) in [4.78, 5) is 7.07. The fourth-order valence-electron chi connectivity index (χ4n) is 3.03. The number of fused-ring (bicyclic) bond motifs is 1. The molecule has 0 bridgehead atoms. The molecular formula is C18H18ClN3O3S2. The molecule has 2 heterocycles. The molecule has 0 saturated carbocycles. The van der Waals surface area contributed by atoms with Gasteiger partial charge in [-0.2, -0.15) is 4.31 Å². The lowest BCUT2D eigenvalue weighted by molar-refractivity contribution is 0.385. The van der Waals surface area contributed by atoms with Gasteiger partial charge in [-0.15, -0.1) is 0 Å². The molecule has 3 aromatic rings. The van der Waals surface area contributed by atoms with Gasteiger partial charge < -0.3 is 9.64 Å². The maximum absolute atomic E-state index is 12.8. The van der Waals surface area contributed by atoms with Crippen LogP contribution in [-0.4, -0.2) is 51.0 Å². The first-order chi connectivity index (χ1) is 13.0. The van der Waals surface area contributed by atoms with Crippen LogP contribution >= 0.6 is 22.9 Å². The van der Waals surface area contributed by atoms with Crippen LogP contribution in [0.15, 0.2) is 47.4 Å². The van der Waals surface area contributed by atoms with Crippen molar-refractivity contribution in [2.75, 3.05) is 38.2 Å². The first-order valence-electron chi connectivity index (χ1n) is 8.42. The molecule has 0 radical (unpaired) electrons. The van der Waals surface area contributed by atoms with Crippen LogP contribution in [0.25, 0.3) is 10.2 Å². The van der Waals surface area contributed by atoms with Gasteiger partial charge in [0.25, 0.3) is 0 Å². The molecule has 1 aromatic heterocycles. The van der Waals surface area contributed by atoms with Crippen molar-refractivity contribution < 1.29 is 13.2 Å². The third kappa shape index (κ3) is 3.62. The van der Waals surface area contributed by atoms with Crippen molar-refractivity contribution >= 4 is 48.3 Å². The number of anilines is 1. The lowest BCUT2D eigenvalue weighted by atomic mass is 10.3. The van der Waals surface area contributed by atoms with Gasteiger partial charge in [-0.25, -0.2) is 13.4 Å². The second-order valence-electron chi connectivity index (χ2n) is 6.18. The average molecular weight is 424 g/mol. The Balaban J connectivity index is 1.49. The van der Waals surface area contributed by atoms with Gasteiger partial charge in [0.1, 0.15) is 5.75 Å². The Morgan fingerprint density at radius 3 is 2.44 bits per heavy atom. The summed E-state index contributed by atoms with van der Waals surface area (Å²) in [6, 6.07) is 12.1. The summed E-state index contributed by atoms with van der Waals surface area (Å²) in [6.45, 7) is 2.04. The summed E-state index contributed by atoms with van der Waals surface area (Å²) in [5.41, 5.74) is 0.923. The number of sulfonamides is 1. The molecule has 1 aliphatic rings. The van der Waals surface area contributed by atoms with E-state index >= 15 is 0 Å². The average Bonchev–Trinajstić information content (AvgIpc) is 3.11. The van der Waals surface area contributed by atoms with Gasteiger partial charge in [0.2, 0.25) is 10.0 Å². The van der Waals surface area contributed by atoms with E-state index in [-0.39, 0.29) is 4.90 Å². The highest BCUT2D eigenvalue weighted by Gasteiger charge is 2.29. The van der Waals surface area contributed by atoms with Crippen LogP contribution in [0.3, 0.4) is 0 Å². The van der Waals surface area contributed by atoms with Gasteiger partial charge in [0, 0.05) is 31.2 Å². The predicted molar refractivity (Wildman–Crippen MR) is 109 cm³/mol. The summed E-state index contributed by atoms with van der Waals surface area (Å²) in [5.74, 6) is 0.802. The first kappa shape index (κ1) is 18.5. The van der Waals surface area contributed by atoms with Crippen LogP contribution in [0.2, 0.25) is 5.02 Å². The molecule has 4 rings (SSSR count). The number of methoxy groups -OCH3 is 1. The summed E-state index contributed by atoms with van der Waals surface area (Å²) < 4.78 is 33.4. The minimum Gasteiger partial charge on any atom is -0.497 e. The van der Waals surface area contributed by atoms with E-state index in [4.69, 9.17) is 16.3 Å². The van der Waals surface area contributed by atoms with Crippen molar-refractivity contribution in [2.45, 2.75) is 4.90 Å². The smallest absolute Gasteiger partial charge is 0.243 e. The molecule has 1 aliphatic heterocycles. The Bertz CT molecular complexity index is 1060. The standard InChI is InChI=1S/C18H18ClN3O3S2/c1-25-14-4-7-16-17(12-14)26-18(20-16)21-8-10-22(11-9-21)27(23,24)15-5-2-13(19)3-6-15/h2-7,12H,8-11H2,1H3. The molecule has 6 nitrogen and oxygen atoms in total. The zero-order valence-electron chi connectivity index (χ0n) is 14.6. The third-order valence-corrected chi connectivity index (χ3v) is 7.79. The maximum Gasteiger partial charge on any atom is 0.243 e. The van der Waals surface area contributed by atoms with Gasteiger partial charge in [0.05, 0.1) is 22.2 Å². The molecule has 0 aliphatic carbocycles. The number of piperazine rings is 1. The van der Waals surface area contributed by atoms with Crippen LogP contribution in [0.4, 0.5) is 5.13 Å². The minimum atomic E-state index is -3.50. The summed E-state index contributed by atoms with van der Waals surface area (Å²) in [6.07, 6.45) is 0. The Morgan fingerprint density at radius 2 is 1.78 bits per heavy atom. The maximum atomic E-state index is 12.8. The topological polar surface area (TPSA) is 62.7 Å². The van der Waals surface area contributed by atoms with E-state index in [1.807, 2.05) is 18.2 Å². The molecule has 2 aromatic carbocycles. The SMILES string of the molecule is COc1ccc2nc(N3CCN(S(=O)(=O)c4ccc(Cl)cc4)CC3)sc2c1. The summed E-state index contributed by atoms with van der Waals surface area (Å²) in [7, 11) is -1.86. The molecule has 0 N–H and O–H groups in total. The fraction of sp³-hybridized carbons (Fsp3) is 0.278. The van der Waals surface area contributed by atoms with Crippen LogP contribution in [0, 0.1) is 0 Å². The zero-order valence-corrected chi connectivity index (χ0v) is 17.0. The third-order valence-electron chi connectivity index (χ3n) is 4.54. The number of thiazole rings is 1. The van der Waals surface area contributed by atoms with Crippen LogP contribution in [-0.2, 0) is 10.0 Å². The lowest BCUT2D eigenvalue weighted by Crippen LogP contribution is -2.48. The molecule has 1 saturated heterocycles. The van der Waals surface area contributed by atoms with E-state index in [0.717, 1.165) is 21.1 Å². The fourth-order valence-corrected chi connectivity index (χ4v) is 5.62. The second-order valence-corrected chi connectivity index (χ2v) is 9.56. The van der Waals surface area contributed by atoms with E-state index in [0.29, 0.717) is 31.2 Å².